The minimum absolute atomic E-state index is 0.0107. The summed E-state index contributed by atoms with van der Waals surface area (Å²) in [5.41, 5.74) is 5.15. The number of halogens is 1. The Morgan fingerprint density at radius 1 is 1.00 bits per heavy atom. The summed E-state index contributed by atoms with van der Waals surface area (Å²) < 4.78 is 5.46. The number of nitrogens with one attached hydrogen (secondary N) is 1. The molecular weight excluding hydrogens is 350 g/mol. The van der Waals surface area contributed by atoms with Gasteiger partial charge < -0.3 is 9.84 Å². The van der Waals surface area contributed by atoms with E-state index in [0.29, 0.717) is 5.69 Å². The average molecular weight is 366 g/mol. The third-order valence-electron chi connectivity index (χ3n) is 4.54. The van der Waals surface area contributed by atoms with E-state index in [-0.39, 0.29) is 23.3 Å². The van der Waals surface area contributed by atoms with Gasteiger partial charge in [0.25, 0.3) is 0 Å². The molecule has 0 saturated carbocycles. The average Bonchev–Trinajstić information content (AvgIpc) is 2.97. The molecule has 0 aliphatic heterocycles. The summed E-state index contributed by atoms with van der Waals surface area (Å²) in [6, 6.07) is 20.8. The van der Waals surface area contributed by atoms with Gasteiger partial charge in [0.2, 0.25) is 0 Å². The zero-order valence-corrected chi connectivity index (χ0v) is 14.5. The van der Waals surface area contributed by atoms with E-state index in [4.69, 9.17) is 16.3 Å². The fourth-order valence-electron chi connectivity index (χ4n) is 3.34. The number of fused-ring (bicyclic) bond motifs is 3. The second-order valence-corrected chi connectivity index (χ2v) is 6.52. The molecule has 1 aliphatic rings. The highest BCUT2D eigenvalue weighted by molar-refractivity contribution is 6.32. The van der Waals surface area contributed by atoms with E-state index >= 15 is 0 Å². The van der Waals surface area contributed by atoms with Crippen LogP contribution in [0, 0.1) is 0 Å². The predicted molar refractivity (Wildman–Crippen MR) is 102 cm³/mol. The van der Waals surface area contributed by atoms with Crippen LogP contribution in [0.15, 0.2) is 66.7 Å². The predicted octanol–water partition coefficient (Wildman–Crippen LogP) is 5.41. The molecule has 0 heterocycles. The van der Waals surface area contributed by atoms with E-state index in [2.05, 4.69) is 29.6 Å². The first-order chi connectivity index (χ1) is 12.6. The summed E-state index contributed by atoms with van der Waals surface area (Å²) in [7, 11) is 0. The van der Waals surface area contributed by atoms with Crippen molar-refractivity contribution in [2.75, 3.05) is 11.9 Å². The first kappa shape index (κ1) is 16.5. The molecule has 4 rings (SSSR count). The van der Waals surface area contributed by atoms with Crippen molar-refractivity contribution in [1.29, 1.82) is 0 Å². The van der Waals surface area contributed by atoms with E-state index < -0.39 is 6.09 Å². The lowest BCUT2D eigenvalue weighted by molar-refractivity contribution is 0.158. The number of phenolic OH excluding ortho intramolecular Hbond substituents is 1. The van der Waals surface area contributed by atoms with Gasteiger partial charge in [-0.1, -0.05) is 60.1 Å². The second kappa shape index (κ2) is 6.73. The number of carbonyl (C=O) groups is 1. The van der Waals surface area contributed by atoms with Crippen molar-refractivity contribution in [3.8, 4) is 16.9 Å². The summed E-state index contributed by atoms with van der Waals surface area (Å²) in [5, 5.41) is 12.2. The minimum atomic E-state index is -0.561. The number of hydrogen-bond acceptors (Lipinski definition) is 3. The van der Waals surface area contributed by atoms with Crippen LogP contribution >= 0.6 is 11.6 Å². The SMILES string of the molecule is O=C(Nc1ccc(O)c(Cl)c1)OCC1c2ccccc2-c2ccccc21. The molecule has 3 aromatic rings. The van der Waals surface area contributed by atoms with E-state index in [9.17, 15) is 9.90 Å². The van der Waals surface area contributed by atoms with Crippen molar-refractivity contribution in [3.05, 3.63) is 82.9 Å². The molecule has 130 valence electrons. The smallest absolute Gasteiger partial charge is 0.411 e. The highest BCUT2D eigenvalue weighted by Crippen LogP contribution is 2.44. The molecule has 0 aromatic heterocycles. The van der Waals surface area contributed by atoms with Gasteiger partial charge in [-0.2, -0.15) is 0 Å². The number of aromatic hydroxyl groups is 1. The van der Waals surface area contributed by atoms with Gasteiger partial charge in [0.15, 0.2) is 0 Å². The third-order valence-corrected chi connectivity index (χ3v) is 4.84. The molecule has 1 aliphatic carbocycles. The second-order valence-electron chi connectivity index (χ2n) is 6.12. The van der Waals surface area contributed by atoms with Gasteiger partial charge in [0.1, 0.15) is 12.4 Å². The van der Waals surface area contributed by atoms with E-state index in [0.717, 1.165) is 11.1 Å². The molecule has 26 heavy (non-hydrogen) atoms. The summed E-state index contributed by atoms with van der Waals surface area (Å²) in [4.78, 5) is 12.2. The maximum atomic E-state index is 12.2. The normalized spacial score (nSPS) is 12.3. The van der Waals surface area contributed by atoms with Crippen LogP contribution in [-0.4, -0.2) is 17.8 Å². The van der Waals surface area contributed by atoms with Crippen molar-refractivity contribution in [3.63, 3.8) is 0 Å². The van der Waals surface area contributed by atoms with Gasteiger partial charge in [-0.15, -0.1) is 0 Å². The molecule has 0 bridgehead atoms. The van der Waals surface area contributed by atoms with Crippen molar-refractivity contribution < 1.29 is 14.6 Å². The fraction of sp³-hybridized carbons (Fsp3) is 0.0952. The molecular formula is C21H16ClNO3. The quantitative estimate of drug-likeness (QED) is 0.610. The number of amides is 1. The molecule has 0 saturated heterocycles. The molecule has 0 spiro atoms. The van der Waals surface area contributed by atoms with Crippen LogP contribution in [0.3, 0.4) is 0 Å². The largest absolute Gasteiger partial charge is 0.506 e. The standard InChI is InChI=1S/C21H16ClNO3/c22-19-11-13(9-10-20(19)24)23-21(25)26-12-18-16-7-3-1-5-14(16)15-6-2-4-8-17(15)18/h1-11,18,24H,12H2,(H,23,25). The molecule has 4 nitrogen and oxygen atoms in total. The summed E-state index contributed by atoms with van der Waals surface area (Å²) in [5.74, 6) is -0.0266. The Kier molecular flexibility index (Phi) is 4.27. The van der Waals surface area contributed by atoms with Crippen LogP contribution < -0.4 is 5.32 Å². The van der Waals surface area contributed by atoms with Gasteiger partial charge in [0, 0.05) is 11.6 Å². The molecule has 0 radical (unpaired) electrons. The Morgan fingerprint density at radius 2 is 1.62 bits per heavy atom. The van der Waals surface area contributed by atoms with E-state index in [1.165, 1.54) is 23.3 Å². The molecule has 0 atom stereocenters. The lowest BCUT2D eigenvalue weighted by atomic mass is 9.98. The van der Waals surface area contributed by atoms with Gasteiger partial charge in [-0.25, -0.2) is 4.79 Å². The van der Waals surface area contributed by atoms with E-state index in [1.807, 2.05) is 24.3 Å². The third kappa shape index (κ3) is 3.00. The Hall–Kier alpha value is -2.98. The minimum Gasteiger partial charge on any atom is -0.506 e. The van der Waals surface area contributed by atoms with Crippen molar-refractivity contribution in [2.24, 2.45) is 0 Å². The molecule has 1 amide bonds. The molecule has 5 heteroatoms. The Balaban J connectivity index is 1.49. The summed E-state index contributed by atoms with van der Waals surface area (Å²) in [6.45, 7) is 0.242. The summed E-state index contributed by atoms with van der Waals surface area (Å²) >= 11 is 5.85. The molecule has 3 aromatic carbocycles. The number of hydrogen-bond donors (Lipinski definition) is 2. The topological polar surface area (TPSA) is 58.6 Å². The van der Waals surface area contributed by atoms with Crippen LogP contribution in [0.2, 0.25) is 5.02 Å². The van der Waals surface area contributed by atoms with Crippen molar-refractivity contribution in [2.45, 2.75) is 5.92 Å². The Bertz CT molecular complexity index is 941. The zero-order chi connectivity index (χ0) is 18.1. The van der Waals surface area contributed by atoms with Crippen molar-refractivity contribution >= 4 is 23.4 Å². The Morgan fingerprint density at radius 3 is 2.23 bits per heavy atom. The Labute approximate surface area is 156 Å². The van der Waals surface area contributed by atoms with Crippen LogP contribution in [0.4, 0.5) is 10.5 Å². The molecule has 0 unspecified atom stereocenters. The van der Waals surface area contributed by atoms with Crippen LogP contribution in [0.1, 0.15) is 17.0 Å². The van der Waals surface area contributed by atoms with Gasteiger partial charge in [-0.3, -0.25) is 5.32 Å². The zero-order valence-electron chi connectivity index (χ0n) is 13.8. The first-order valence-electron chi connectivity index (χ1n) is 8.24. The fourth-order valence-corrected chi connectivity index (χ4v) is 3.52. The maximum Gasteiger partial charge on any atom is 0.411 e. The van der Waals surface area contributed by atoms with Gasteiger partial charge in [0.05, 0.1) is 5.02 Å². The highest BCUT2D eigenvalue weighted by Gasteiger charge is 2.28. The maximum absolute atomic E-state index is 12.2. The first-order valence-corrected chi connectivity index (χ1v) is 8.62. The molecule has 0 fully saturated rings. The van der Waals surface area contributed by atoms with Crippen LogP contribution in [0.25, 0.3) is 11.1 Å². The van der Waals surface area contributed by atoms with E-state index in [1.54, 1.807) is 6.07 Å². The lowest BCUT2D eigenvalue weighted by Crippen LogP contribution is -2.17. The van der Waals surface area contributed by atoms with Gasteiger partial charge in [-0.05, 0) is 40.5 Å². The summed E-state index contributed by atoms with van der Waals surface area (Å²) in [6.07, 6.45) is -0.561. The number of ether oxygens (including phenoxy) is 1. The number of benzene rings is 3. The number of anilines is 1. The molecule has 2 N–H and O–H groups in total. The van der Waals surface area contributed by atoms with Crippen LogP contribution in [0.5, 0.6) is 5.75 Å². The number of phenols is 1. The van der Waals surface area contributed by atoms with Crippen LogP contribution in [-0.2, 0) is 4.74 Å². The highest BCUT2D eigenvalue weighted by atomic mass is 35.5. The lowest BCUT2D eigenvalue weighted by Gasteiger charge is -2.14. The number of carbonyl (C=O) groups excluding carboxylic acids is 1. The number of rotatable bonds is 3. The monoisotopic (exact) mass is 365 g/mol. The van der Waals surface area contributed by atoms with Crippen molar-refractivity contribution in [1.82, 2.24) is 0 Å². The van der Waals surface area contributed by atoms with Gasteiger partial charge >= 0.3 is 6.09 Å².